The predicted molar refractivity (Wildman–Crippen MR) is 117 cm³/mol. The molecule has 0 unspecified atom stereocenters. The highest BCUT2D eigenvalue weighted by molar-refractivity contribution is 8.00. The summed E-state index contributed by atoms with van der Waals surface area (Å²) in [6.45, 7) is 0. The third-order valence-corrected chi connectivity index (χ3v) is 6.60. The van der Waals surface area contributed by atoms with Crippen LogP contribution in [-0.4, -0.2) is 22.1 Å². The predicted octanol–water partition coefficient (Wildman–Crippen LogP) is 4.10. The fourth-order valence-corrected chi connectivity index (χ4v) is 4.47. The molecule has 5 rings (SSSR count). The van der Waals surface area contributed by atoms with Crippen LogP contribution in [0.5, 0.6) is 5.75 Å². The molecule has 1 aliphatic rings. The van der Waals surface area contributed by atoms with Crippen LogP contribution in [0.1, 0.15) is 29.2 Å². The van der Waals surface area contributed by atoms with Gasteiger partial charge in [-0.25, -0.2) is 4.79 Å². The number of hydrogen-bond acceptors (Lipinski definition) is 10. The van der Waals surface area contributed by atoms with E-state index in [1.165, 1.54) is 29.2 Å². The van der Waals surface area contributed by atoms with Gasteiger partial charge in [0.05, 0.1) is 5.75 Å². The van der Waals surface area contributed by atoms with E-state index in [0.29, 0.717) is 26.6 Å². The minimum Gasteiger partial charge on any atom is -0.464 e. The van der Waals surface area contributed by atoms with Crippen LogP contribution in [0.25, 0.3) is 11.0 Å². The number of thioether (sulfide) groups is 1. The van der Waals surface area contributed by atoms with Crippen molar-refractivity contribution in [1.29, 1.82) is 0 Å². The number of ether oxygens (including phenoxy) is 1. The van der Waals surface area contributed by atoms with E-state index >= 15 is 0 Å². The van der Waals surface area contributed by atoms with Gasteiger partial charge >= 0.3 is 5.97 Å². The summed E-state index contributed by atoms with van der Waals surface area (Å²) in [6.07, 6.45) is 2.92. The second-order valence-electron chi connectivity index (χ2n) is 7.04. The number of amides is 1. The lowest BCUT2D eigenvalue weighted by Crippen LogP contribution is -2.14. The molecule has 1 amide bonds. The Hall–Kier alpha value is -3.44. The smallest absolute Gasteiger partial charge is 0.379 e. The summed E-state index contributed by atoms with van der Waals surface area (Å²) in [5.41, 5.74) is 0.0526. The van der Waals surface area contributed by atoms with E-state index in [2.05, 4.69) is 15.5 Å². The van der Waals surface area contributed by atoms with Crippen molar-refractivity contribution < 1.29 is 23.2 Å². The molecule has 0 aliphatic heterocycles. The zero-order chi connectivity index (χ0) is 22.1. The first-order valence-corrected chi connectivity index (χ1v) is 11.4. The van der Waals surface area contributed by atoms with E-state index in [9.17, 15) is 14.4 Å². The van der Waals surface area contributed by atoms with Crippen molar-refractivity contribution in [3.05, 3.63) is 64.4 Å². The molecule has 0 bridgehead atoms. The molecule has 32 heavy (non-hydrogen) atoms. The molecule has 0 spiro atoms. The molecule has 0 radical (unpaired) electrons. The Balaban J connectivity index is 1.19. The third-order valence-electron chi connectivity index (χ3n) is 4.60. The van der Waals surface area contributed by atoms with E-state index in [1.54, 1.807) is 24.3 Å². The van der Waals surface area contributed by atoms with Crippen LogP contribution in [0, 0.1) is 5.92 Å². The van der Waals surface area contributed by atoms with E-state index in [-0.39, 0.29) is 23.3 Å². The Morgan fingerprint density at radius 2 is 2.06 bits per heavy atom. The van der Waals surface area contributed by atoms with Gasteiger partial charge in [-0.3, -0.25) is 9.59 Å². The second-order valence-corrected chi connectivity index (χ2v) is 9.24. The van der Waals surface area contributed by atoms with Crippen molar-refractivity contribution in [3.63, 3.8) is 0 Å². The summed E-state index contributed by atoms with van der Waals surface area (Å²) in [7, 11) is 0. The van der Waals surface area contributed by atoms with Crippen LogP contribution in [0.3, 0.4) is 0 Å². The number of carbonyl (C=O) groups excluding carboxylic acids is 2. The van der Waals surface area contributed by atoms with Crippen molar-refractivity contribution in [2.24, 2.45) is 5.92 Å². The molecule has 1 N–H and O–H groups in total. The zero-order valence-electron chi connectivity index (χ0n) is 16.4. The summed E-state index contributed by atoms with van der Waals surface area (Å²) in [5.74, 6) is -0.276. The van der Waals surface area contributed by atoms with Gasteiger partial charge in [0, 0.05) is 17.4 Å². The number of benzene rings is 1. The number of hydrogen-bond donors (Lipinski definition) is 1. The van der Waals surface area contributed by atoms with Crippen molar-refractivity contribution in [3.8, 4) is 5.75 Å². The van der Waals surface area contributed by atoms with Crippen LogP contribution < -0.4 is 15.5 Å². The lowest BCUT2D eigenvalue weighted by Gasteiger charge is -2.02. The Kier molecular flexibility index (Phi) is 5.50. The summed E-state index contributed by atoms with van der Waals surface area (Å²) < 4.78 is 16.6. The number of esters is 1. The Labute approximate surface area is 188 Å². The molecule has 1 aliphatic carbocycles. The minimum absolute atomic E-state index is 0.00826. The third kappa shape index (κ3) is 4.58. The molecule has 9 nitrogen and oxygen atoms in total. The van der Waals surface area contributed by atoms with Gasteiger partial charge in [-0.2, -0.15) is 0 Å². The van der Waals surface area contributed by atoms with Gasteiger partial charge in [0.2, 0.25) is 28.0 Å². The molecule has 3 aromatic heterocycles. The fraction of sp³-hybridized carbons (Fsp3) is 0.190. The molecule has 4 aromatic rings. The molecular weight excluding hydrogens is 454 g/mol. The van der Waals surface area contributed by atoms with Crippen molar-refractivity contribution in [2.45, 2.75) is 22.9 Å². The lowest BCUT2D eigenvalue weighted by atomic mass is 10.2. The maximum Gasteiger partial charge on any atom is 0.379 e. The Bertz CT molecular complexity index is 1340. The highest BCUT2D eigenvalue weighted by Crippen LogP contribution is 2.32. The van der Waals surface area contributed by atoms with Gasteiger partial charge in [-0.15, -0.1) is 10.2 Å². The largest absolute Gasteiger partial charge is 0.464 e. The number of anilines is 1. The average Bonchev–Trinajstić information content (AvgIpc) is 3.40. The number of para-hydroxylation sites is 1. The van der Waals surface area contributed by atoms with Crippen LogP contribution >= 0.6 is 23.1 Å². The minimum atomic E-state index is -0.787. The first-order chi connectivity index (χ1) is 15.5. The quantitative estimate of drug-likeness (QED) is 0.242. The SMILES string of the molecule is O=C(Oc1coc(CSc2nnc(NC(=O)C3CC3)s2)cc1=O)c1cc2ccccc2o1. The summed E-state index contributed by atoms with van der Waals surface area (Å²) in [4.78, 5) is 36.4. The molecule has 0 atom stereocenters. The number of furan rings is 1. The number of fused-ring (bicyclic) bond motifs is 1. The monoisotopic (exact) mass is 469 g/mol. The molecule has 1 fully saturated rings. The lowest BCUT2D eigenvalue weighted by molar-refractivity contribution is -0.117. The van der Waals surface area contributed by atoms with Gasteiger partial charge in [-0.1, -0.05) is 41.3 Å². The summed E-state index contributed by atoms with van der Waals surface area (Å²) in [6, 6.07) is 9.95. The molecule has 162 valence electrons. The van der Waals surface area contributed by atoms with E-state index in [4.69, 9.17) is 13.6 Å². The molecule has 0 saturated heterocycles. The number of nitrogens with zero attached hydrogens (tertiary/aromatic N) is 2. The molecule has 11 heteroatoms. The van der Waals surface area contributed by atoms with Crippen molar-refractivity contribution >= 4 is 51.1 Å². The zero-order valence-corrected chi connectivity index (χ0v) is 18.0. The number of nitrogens with one attached hydrogen (secondary N) is 1. The second kappa shape index (κ2) is 8.60. The van der Waals surface area contributed by atoms with Crippen LogP contribution in [0.15, 0.2) is 60.6 Å². The van der Waals surface area contributed by atoms with E-state index in [0.717, 1.165) is 24.5 Å². The van der Waals surface area contributed by atoms with E-state index in [1.807, 2.05) is 6.07 Å². The number of rotatable bonds is 7. The topological polar surface area (TPSA) is 125 Å². The van der Waals surface area contributed by atoms with Crippen LogP contribution in [0.4, 0.5) is 5.13 Å². The van der Waals surface area contributed by atoms with Gasteiger partial charge in [0.25, 0.3) is 0 Å². The van der Waals surface area contributed by atoms with Crippen molar-refractivity contribution in [2.75, 3.05) is 5.32 Å². The first-order valence-electron chi connectivity index (χ1n) is 9.65. The normalized spacial score (nSPS) is 13.2. The van der Waals surface area contributed by atoms with Crippen molar-refractivity contribution in [1.82, 2.24) is 10.2 Å². The highest BCUT2D eigenvalue weighted by Gasteiger charge is 2.30. The molecule has 3 heterocycles. The van der Waals surface area contributed by atoms with Gasteiger partial charge in [-0.05, 0) is 25.0 Å². The number of aromatic nitrogens is 2. The maximum absolute atomic E-state index is 12.3. The summed E-state index contributed by atoms with van der Waals surface area (Å²) in [5, 5.41) is 11.9. The average molecular weight is 470 g/mol. The standard InChI is InChI=1S/C21H15N3O6S2/c25-14-8-13(10-31-21-24-23-20(32-21)22-18(26)11-5-6-11)28-9-17(14)30-19(27)16-7-12-3-1-2-4-15(12)29-16/h1-4,7-9,11H,5-6,10H2,(H,22,23,26). The number of carbonyl (C=O) groups is 2. The van der Waals surface area contributed by atoms with Gasteiger partial charge in [0.1, 0.15) is 17.6 Å². The maximum atomic E-state index is 12.3. The fourth-order valence-electron chi connectivity index (χ4n) is 2.83. The Morgan fingerprint density at radius 1 is 1.22 bits per heavy atom. The molecule has 1 saturated carbocycles. The highest BCUT2D eigenvalue weighted by atomic mass is 32.2. The van der Waals surface area contributed by atoms with E-state index < -0.39 is 11.4 Å². The van der Waals surface area contributed by atoms with Crippen LogP contribution in [0.2, 0.25) is 0 Å². The van der Waals surface area contributed by atoms with Gasteiger partial charge < -0.3 is 18.9 Å². The molecule has 1 aromatic carbocycles. The van der Waals surface area contributed by atoms with Gasteiger partial charge in [0.15, 0.2) is 4.34 Å². The molecular formula is C21H15N3O6S2. The summed E-state index contributed by atoms with van der Waals surface area (Å²) >= 11 is 2.56. The van der Waals surface area contributed by atoms with Crippen LogP contribution in [-0.2, 0) is 10.5 Å². The Morgan fingerprint density at radius 3 is 2.84 bits per heavy atom. The first kappa shape index (κ1) is 20.5.